The van der Waals surface area contributed by atoms with E-state index < -0.39 is 47.3 Å². The Morgan fingerprint density at radius 3 is 1.32 bits per heavy atom. The first-order valence-electron chi connectivity index (χ1n) is 12.3. The van der Waals surface area contributed by atoms with E-state index in [-0.39, 0.29) is 17.8 Å². The van der Waals surface area contributed by atoms with E-state index in [1.807, 2.05) is 10.9 Å². The van der Waals surface area contributed by atoms with Crippen molar-refractivity contribution < 1.29 is 28.8 Å². The van der Waals surface area contributed by atoms with E-state index in [9.17, 15) is 28.8 Å². The standard InChI is InChI=1S/C27H32N8O6/c1-14-9-5-7-11-20(14)30-24(38)18(16(3)32-34-26(40)22(28)36)13-19(17(4)33-35-27(41)23(29)37)25(39)31-21-12-8-6-10-15(21)2/h5-12,18-19H,13H2,1-4H3,(H2,28,36)(H2,29,37)(H,30,38)(H,31,39)(H,34,40)(H,35,41)/b32-16+,33-17+. The van der Waals surface area contributed by atoms with Crippen LogP contribution in [0.5, 0.6) is 0 Å². The van der Waals surface area contributed by atoms with Crippen LogP contribution in [0.15, 0.2) is 58.7 Å². The number of primary amides is 2. The summed E-state index contributed by atoms with van der Waals surface area (Å²) in [6, 6.07) is 14.0. The average molecular weight is 565 g/mol. The van der Waals surface area contributed by atoms with Gasteiger partial charge in [0.25, 0.3) is 0 Å². The van der Waals surface area contributed by atoms with Crippen LogP contribution in [0, 0.1) is 25.7 Å². The van der Waals surface area contributed by atoms with E-state index in [0.29, 0.717) is 11.4 Å². The number of benzene rings is 2. The fourth-order valence-corrected chi connectivity index (χ4v) is 3.58. The fourth-order valence-electron chi connectivity index (χ4n) is 3.58. The molecule has 2 aromatic rings. The first kappa shape index (κ1) is 31.8. The molecule has 0 aliphatic heterocycles. The Morgan fingerprint density at radius 2 is 1.00 bits per heavy atom. The lowest BCUT2D eigenvalue weighted by Gasteiger charge is -2.23. The first-order chi connectivity index (χ1) is 19.3. The van der Waals surface area contributed by atoms with E-state index in [1.165, 1.54) is 13.8 Å². The molecule has 0 aromatic heterocycles. The number of nitrogens with one attached hydrogen (secondary N) is 4. The SMILES string of the molecule is C/C(=N\NC(=O)C(N)=O)C(CC(C(=O)Nc1ccccc1C)/C(C)=N/NC(=O)C(N)=O)C(=O)Nc1ccccc1C. The van der Waals surface area contributed by atoms with Gasteiger partial charge in [-0.15, -0.1) is 0 Å². The molecule has 0 fully saturated rings. The molecule has 41 heavy (non-hydrogen) atoms. The normalized spacial score (nSPS) is 12.9. The molecule has 6 amide bonds. The second-order valence-electron chi connectivity index (χ2n) is 9.07. The molecule has 2 atom stereocenters. The van der Waals surface area contributed by atoms with Crippen LogP contribution in [0.1, 0.15) is 31.4 Å². The molecule has 0 radical (unpaired) electrons. The predicted molar refractivity (Wildman–Crippen MR) is 152 cm³/mol. The highest BCUT2D eigenvalue weighted by atomic mass is 16.2. The van der Waals surface area contributed by atoms with Crippen LogP contribution in [0.4, 0.5) is 11.4 Å². The van der Waals surface area contributed by atoms with Gasteiger partial charge in [0.1, 0.15) is 0 Å². The maximum absolute atomic E-state index is 13.5. The van der Waals surface area contributed by atoms with Crippen LogP contribution in [0.25, 0.3) is 0 Å². The number of hydrogen-bond acceptors (Lipinski definition) is 8. The molecular formula is C27H32N8O6. The van der Waals surface area contributed by atoms with Gasteiger partial charge in [0.2, 0.25) is 11.8 Å². The van der Waals surface area contributed by atoms with Gasteiger partial charge in [0.15, 0.2) is 0 Å². The summed E-state index contributed by atoms with van der Waals surface area (Å²) in [5.74, 6) is -8.48. The number of hydrogen-bond donors (Lipinski definition) is 6. The van der Waals surface area contributed by atoms with Gasteiger partial charge in [0, 0.05) is 22.8 Å². The van der Waals surface area contributed by atoms with Crippen molar-refractivity contribution in [3.8, 4) is 0 Å². The van der Waals surface area contributed by atoms with Crippen LogP contribution in [0.2, 0.25) is 0 Å². The Morgan fingerprint density at radius 1 is 0.659 bits per heavy atom. The van der Waals surface area contributed by atoms with Crippen LogP contribution in [0.3, 0.4) is 0 Å². The molecule has 0 aliphatic carbocycles. The number of carbonyl (C=O) groups excluding carboxylic acids is 6. The Kier molecular flexibility index (Phi) is 11.4. The third-order valence-corrected chi connectivity index (χ3v) is 6.03. The first-order valence-corrected chi connectivity index (χ1v) is 12.3. The van der Waals surface area contributed by atoms with Gasteiger partial charge in [-0.05, 0) is 57.4 Å². The monoisotopic (exact) mass is 564 g/mol. The second kappa shape index (κ2) is 14.7. The molecule has 0 saturated heterocycles. The maximum Gasteiger partial charge on any atom is 0.329 e. The lowest BCUT2D eigenvalue weighted by molar-refractivity contribution is -0.137. The number of amides is 6. The van der Waals surface area contributed by atoms with E-state index in [2.05, 4.69) is 20.8 Å². The molecule has 0 spiro atoms. The average Bonchev–Trinajstić information content (AvgIpc) is 2.92. The molecule has 2 unspecified atom stereocenters. The summed E-state index contributed by atoms with van der Waals surface area (Å²) >= 11 is 0. The van der Waals surface area contributed by atoms with Gasteiger partial charge in [-0.2, -0.15) is 10.2 Å². The predicted octanol–water partition coefficient (Wildman–Crippen LogP) is 0.458. The van der Waals surface area contributed by atoms with Gasteiger partial charge < -0.3 is 22.1 Å². The Balaban J connectivity index is 2.51. The third-order valence-electron chi connectivity index (χ3n) is 6.03. The summed E-state index contributed by atoms with van der Waals surface area (Å²) in [6.45, 7) is 6.41. The smallest absolute Gasteiger partial charge is 0.329 e. The topological polar surface area (TPSA) is 227 Å². The summed E-state index contributed by atoms with van der Waals surface area (Å²) in [5.41, 5.74) is 16.5. The minimum absolute atomic E-state index is 0.0355. The van der Waals surface area contributed by atoms with Crippen LogP contribution in [-0.4, -0.2) is 46.9 Å². The van der Waals surface area contributed by atoms with E-state index >= 15 is 0 Å². The summed E-state index contributed by atoms with van der Waals surface area (Å²) in [5, 5.41) is 13.3. The molecule has 216 valence electrons. The van der Waals surface area contributed by atoms with Gasteiger partial charge in [-0.1, -0.05) is 36.4 Å². The number of hydrazone groups is 2. The van der Waals surface area contributed by atoms with Gasteiger partial charge in [0.05, 0.1) is 11.8 Å². The van der Waals surface area contributed by atoms with Gasteiger partial charge >= 0.3 is 23.6 Å². The number of nitrogens with zero attached hydrogens (tertiary/aromatic N) is 2. The third kappa shape index (κ3) is 9.38. The molecule has 0 aliphatic rings. The maximum atomic E-state index is 13.5. The van der Waals surface area contributed by atoms with Crippen molar-refractivity contribution in [3.05, 3.63) is 59.7 Å². The van der Waals surface area contributed by atoms with Crippen molar-refractivity contribution in [2.45, 2.75) is 34.1 Å². The molecule has 8 N–H and O–H groups in total. The quantitative estimate of drug-likeness (QED) is 0.136. The molecule has 14 heteroatoms. The zero-order valence-corrected chi connectivity index (χ0v) is 23.0. The highest BCUT2D eigenvalue weighted by Crippen LogP contribution is 2.23. The van der Waals surface area contributed by atoms with Crippen molar-refractivity contribution in [2.75, 3.05) is 10.6 Å². The molecule has 2 aromatic carbocycles. The highest BCUT2D eigenvalue weighted by molar-refractivity contribution is 6.35. The number of nitrogens with two attached hydrogens (primary N) is 2. The minimum atomic E-state index is -1.29. The molecule has 2 rings (SSSR count). The van der Waals surface area contributed by atoms with Crippen molar-refractivity contribution in [1.82, 2.24) is 10.9 Å². The van der Waals surface area contributed by atoms with E-state index in [0.717, 1.165) is 11.1 Å². The molecule has 0 saturated carbocycles. The Bertz CT molecular complexity index is 1310. The largest absolute Gasteiger partial charge is 0.361 e. The summed E-state index contributed by atoms with van der Waals surface area (Å²) in [4.78, 5) is 72.8. The van der Waals surface area contributed by atoms with Gasteiger partial charge in [-0.3, -0.25) is 28.8 Å². The summed E-state index contributed by atoms with van der Waals surface area (Å²) < 4.78 is 0. The lowest BCUT2D eigenvalue weighted by Crippen LogP contribution is -2.39. The Hall–Kier alpha value is -5.40. The van der Waals surface area contributed by atoms with Crippen molar-refractivity contribution in [3.63, 3.8) is 0 Å². The van der Waals surface area contributed by atoms with Crippen molar-refractivity contribution in [1.29, 1.82) is 0 Å². The summed E-state index contributed by atoms with van der Waals surface area (Å²) in [6.07, 6.45) is -0.251. The van der Waals surface area contributed by atoms with Crippen molar-refractivity contribution in [2.24, 2.45) is 33.5 Å². The number of anilines is 2. The zero-order chi connectivity index (χ0) is 30.7. The molecular weight excluding hydrogens is 532 g/mol. The van der Waals surface area contributed by atoms with Crippen LogP contribution >= 0.6 is 0 Å². The Labute approximate surface area is 236 Å². The molecule has 0 bridgehead atoms. The number of carbonyl (C=O) groups is 6. The van der Waals surface area contributed by atoms with E-state index in [1.54, 1.807) is 62.4 Å². The van der Waals surface area contributed by atoms with Crippen molar-refractivity contribution >= 4 is 58.2 Å². The fraction of sp³-hybridized carbons (Fsp3) is 0.259. The summed E-state index contributed by atoms with van der Waals surface area (Å²) in [7, 11) is 0. The number of rotatable bonds is 10. The van der Waals surface area contributed by atoms with Gasteiger partial charge in [-0.25, -0.2) is 10.9 Å². The highest BCUT2D eigenvalue weighted by Gasteiger charge is 2.32. The number of para-hydroxylation sites is 2. The lowest BCUT2D eigenvalue weighted by atomic mass is 9.87. The molecule has 14 nitrogen and oxygen atoms in total. The van der Waals surface area contributed by atoms with Crippen LogP contribution in [-0.2, 0) is 28.8 Å². The molecule has 0 heterocycles. The second-order valence-corrected chi connectivity index (χ2v) is 9.07. The van der Waals surface area contributed by atoms with Crippen LogP contribution < -0.4 is 33.0 Å². The minimum Gasteiger partial charge on any atom is -0.361 e. The van der Waals surface area contributed by atoms with E-state index in [4.69, 9.17) is 11.5 Å². The zero-order valence-electron chi connectivity index (χ0n) is 23.0. The number of aryl methyl sites for hydroxylation is 2.